The van der Waals surface area contributed by atoms with E-state index in [0.717, 1.165) is 16.7 Å². The predicted molar refractivity (Wildman–Crippen MR) is 110 cm³/mol. The van der Waals surface area contributed by atoms with E-state index < -0.39 is 16.1 Å². The lowest BCUT2D eigenvalue weighted by molar-refractivity contribution is 0.210. The Bertz CT molecular complexity index is 1080. The van der Waals surface area contributed by atoms with Gasteiger partial charge < -0.3 is 4.74 Å². The fourth-order valence-electron chi connectivity index (χ4n) is 3.38. The monoisotopic (exact) mass is 413 g/mol. The zero-order valence-corrected chi connectivity index (χ0v) is 17.0. The van der Waals surface area contributed by atoms with E-state index in [-0.39, 0.29) is 23.8 Å². The largest absolute Gasteiger partial charge is 0.489 e. The first-order valence-corrected chi connectivity index (χ1v) is 10.8. The lowest BCUT2D eigenvalue weighted by Crippen LogP contribution is -2.35. The van der Waals surface area contributed by atoms with Gasteiger partial charge in [-0.3, -0.25) is 0 Å². The van der Waals surface area contributed by atoms with Gasteiger partial charge in [-0.1, -0.05) is 77.8 Å². The first-order chi connectivity index (χ1) is 13.5. The topological polar surface area (TPSA) is 46.6 Å². The molecule has 3 aromatic rings. The smallest absolute Gasteiger partial charge is 0.247 e. The van der Waals surface area contributed by atoms with Crippen LogP contribution in [0, 0.1) is 6.92 Å². The maximum absolute atomic E-state index is 13.6. The van der Waals surface area contributed by atoms with Gasteiger partial charge in [0.15, 0.2) is 5.75 Å². The van der Waals surface area contributed by atoms with E-state index in [1.807, 2.05) is 61.5 Å². The van der Waals surface area contributed by atoms with Crippen LogP contribution in [-0.4, -0.2) is 19.3 Å². The summed E-state index contributed by atoms with van der Waals surface area (Å²) >= 11 is 6.25. The molecule has 0 saturated heterocycles. The summed E-state index contributed by atoms with van der Waals surface area (Å²) in [6.07, 6.45) is 0. The molecule has 1 atom stereocenters. The minimum Gasteiger partial charge on any atom is -0.489 e. The van der Waals surface area contributed by atoms with Crippen molar-refractivity contribution in [2.24, 2.45) is 0 Å². The molecule has 6 heteroatoms. The molecule has 0 aliphatic carbocycles. The zero-order chi connectivity index (χ0) is 19.7. The van der Waals surface area contributed by atoms with Crippen LogP contribution in [-0.2, 0) is 16.6 Å². The number of nitrogens with zero attached hydrogens (tertiary/aromatic N) is 1. The number of para-hydroxylation sites is 1. The molecule has 0 aromatic heterocycles. The quantitative estimate of drug-likeness (QED) is 0.608. The average molecular weight is 414 g/mol. The second kappa shape index (κ2) is 7.59. The van der Waals surface area contributed by atoms with Crippen molar-refractivity contribution in [2.45, 2.75) is 24.4 Å². The normalized spacial score (nSPS) is 18.7. The van der Waals surface area contributed by atoms with Crippen LogP contribution < -0.4 is 4.74 Å². The molecular weight excluding hydrogens is 394 g/mol. The molecule has 1 aliphatic rings. The van der Waals surface area contributed by atoms with E-state index in [9.17, 15) is 8.42 Å². The number of benzene rings is 3. The highest BCUT2D eigenvalue weighted by molar-refractivity contribution is 7.89. The molecule has 0 amide bonds. The number of hydrogen-bond acceptors (Lipinski definition) is 3. The number of rotatable bonds is 3. The van der Waals surface area contributed by atoms with Gasteiger partial charge in [0.25, 0.3) is 0 Å². The first-order valence-electron chi connectivity index (χ1n) is 9.00. The Labute approximate surface area is 170 Å². The fraction of sp³-hybridized carbons (Fsp3) is 0.182. The molecule has 3 aromatic carbocycles. The fourth-order valence-corrected chi connectivity index (χ4v) is 5.41. The summed E-state index contributed by atoms with van der Waals surface area (Å²) in [5, 5.41) is 0.296. The highest BCUT2D eigenvalue weighted by Crippen LogP contribution is 2.41. The van der Waals surface area contributed by atoms with Crippen LogP contribution in [0.15, 0.2) is 77.7 Å². The Hall–Kier alpha value is -2.34. The van der Waals surface area contributed by atoms with Crippen molar-refractivity contribution in [1.82, 2.24) is 4.31 Å². The third-order valence-electron chi connectivity index (χ3n) is 4.89. The molecule has 144 valence electrons. The van der Waals surface area contributed by atoms with E-state index in [1.54, 1.807) is 18.2 Å². The lowest BCUT2D eigenvalue weighted by atomic mass is 10.1. The van der Waals surface area contributed by atoms with E-state index in [0.29, 0.717) is 5.02 Å². The highest BCUT2D eigenvalue weighted by atomic mass is 35.5. The van der Waals surface area contributed by atoms with Crippen LogP contribution in [0.3, 0.4) is 0 Å². The molecule has 4 rings (SSSR count). The van der Waals surface area contributed by atoms with Gasteiger partial charge in [-0.15, -0.1) is 0 Å². The Morgan fingerprint density at radius 1 is 1.00 bits per heavy atom. The van der Waals surface area contributed by atoms with Crippen molar-refractivity contribution in [3.8, 4) is 5.75 Å². The summed E-state index contributed by atoms with van der Waals surface area (Å²) in [6.45, 7) is 2.44. The summed E-state index contributed by atoms with van der Waals surface area (Å²) in [6, 6.07) is 21.8. The molecule has 0 spiro atoms. The third-order valence-corrected chi connectivity index (χ3v) is 7.07. The molecule has 28 heavy (non-hydrogen) atoms. The standard InChI is InChI=1S/C22H20ClNO3S/c1-16-10-12-17(13-11-16)14-24-20(18-6-3-2-4-7-18)15-27-22-19(23)8-5-9-21(22)28(24,25)26/h2-13,20H,14-15H2,1H3. The van der Waals surface area contributed by atoms with Gasteiger partial charge in [0.1, 0.15) is 11.5 Å². The Balaban J connectivity index is 1.85. The van der Waals surface area contributed by atoms with Gasteiger partial charge in [-0.2, -0.15) is 4.31 Å². The molecule has 1 aliphatic heterocycles. The van der Waals surface area contributed by atoms with Crippen LogP contribution in [0.2, 0.25) is 5.02 Å². The summed E-state index contributed by atoms with van der Waals surface area (Å²) < 4.78 is 34.7. The minimum atomic E-state index is -3.82. The number of hydrogen-bond donors (Lipinski definition) is 0. The van der Waals surface area contributed by atoms with Gasteiger partial charge in [0.2, 0.25) is 10.0 Å². The Morgan fingerprint density at radius 2 is 1.71 bits per heavy atom. The molecule has 0 N–H and O–H groups in total. The lowest BCUT2D eigenvalue weighted by Gasteiger charge is -2.28. The van der Waals surface area contributed by atoms with Crippen LogP contribution in [0.5, 0.6) is 5.75 Å². The molecule has 0 bridgehead atoms. The highest BCUT2D eigenvalue weighted by Gasteiger charge is 2.38. The number of sulfonamides is 1. The third kappa shape index (κ3) is 3.53. The van der Waals surface area contributed by atoms with Crippen molar-refractivity contribution >= 4 is 21.6 Å². The molecule has 0 fully saturated rings. The van der Waals surface area contributed by atoms with E-state index in [1.165, 1.54) is 4.31 Å². The number of ether oxygens (including phenoxy) is 1. The van der Waals surface area contributed by atoms with Gasteiger partial charge in [-0.05, 0) is 30.2 Å². The molecular formula is C22H20ClNO3S. The maximum Gasteiger partial charge on any atom is 0.247 e. The van der Waals surface area contributed by atoms with Crippen LogP contribution >= 0.6 is 11.6 Å². The van der Waals surface area contributed by atoms with Crippen molar-refractivity contribution in [1.29, 1.82) is 0 Å². The summed E-state index contributed by atoms with van der Waals surface area (Å²) in [5.41, 5.74) is 2.92. The first kappa shape index (κ1) is 19.0. The van der Waals surface area contributed by atoms with E-state index in [4.69, 9.17) is 16.3 Å². The molecule has 1 unspecified atom stereocenters. The number of aryl methyl sites for hydroxylation is 1. The zero-order valence-electron chi connectivity index (χ0n) is 15.4. The molecule has 4 nitrogen and oxygen atoms in total. The molecule has 1 heterocycles. The van der Waals surface area contributed by atoms with Crippen molar-refractivity contribution in [3.63, 3.8) is 0 Å². The second-order valence-corrected chi connectivity index (χ2v) is 9.11. The number of fused-ring (bicyclic) bond motifs is 1. The number of halogens is 1. The predicted octanol–water partition coefficient (Wildman–Crippen LogP) is 4.97. The SMILES string of the molecule is Cc1ccc(CN2C(c3ccccc3)COc3c(Cl)cccc3S2(=O)=O)cc1. The van der Waals surface area contributed by atoms with E-state index >= 15 is 0 Å². The van der Waals surface area contributed by atoms with Gasteiger partial charge in [-0.25, -0.2) is 8.42 Å². The van der Waals surface area contributed by atoms with Crippen molar-refractivity contribution in [3.05, 3.63) is 94.5 Å². The van der Waals surface area contributed by atoms with Gasteiger partial charge in [0.05, 0.1) is 11.1 Å². The van der Waals surface area contributed by atoms with E-state index in [2.05, 4.69) is 0 Å². The van der Waals surface area contributed by atoms with Crippen LogP contribution in [0.4, 0.5) is 0 Å². The molecule has 0 radical (unpaired) electrons. The molecule has 0 saturated carbocycles. The van der Waals surface area contributed by atoms with Gasteiger partial charge >= 0.3 is 0 Å². The van der Waals surface area contributed by atoms with Gasteiger partial charge in [0, 0.05) is 6.54 Å². The summed E-state index contributed by atoms with van der Waals surface area (Å²) in [5.74, 6) is 0.219. The van der Waals surface area contributed by atoms with Crippen LogP contribution in [0.25, 0.3) is 0 Å². The second-order valence-electron chi connectivity index (χ2n) is 6.84. The average Bonchev–Trinajstić information content (AvgIpc) is 2.80. The van der Waals surface area contributed by atoms with Crippen LogP contribution in [0.1, 0.15) is 22.7 Å². The minimum absolute atomic E-state index is 0.102. The maximum atomic E-state index is 13.6. The summed E-state index contributed by atoms with van der Waals surface area (Å²) in [4.78, 5) is 0.102. The van der Waals surface area contributed by atoms with Crippen molar-refractivity contribution < 1.29 is 13.2 Å². The Kier molecular flexibility index (Phi) is 5.15. The Morgan fingerprint density at radius 3 is 2.43 bits per heavy atom. The summed E-state index contributed by atoms with van der Waals surface area (Å²) in [7, 11) is -3.82. The van der Waals surface area contributed by atoms with Crippen molar-refractivity contribution in [2.75, 3.05) is 6.61 Å².